The average molecular weight is 324 g/mol. The lowest BCUT2D eigenvalue weighted by Crippen LogP contribution is -2.23. The van der Waals surface area contributed by atoms with E-state index in [1.165, 1.54) is 5.69 Å². The summed E-state index contributed by atoms with van der Waals surface area (Å²) in [7, 11) is 1.61. The minimum atomic E-state index is -0.318. The normalized spacial score (nSPS) is 18.3. The molecule has 0 aliphatic carbocycles. The zero-order valence-corrected chi connectivity index (χ0v) is 13.6. The summed E-state index contributed by atoms with van der Waals surface area (Å²) in [6.07, 6.45) is 4.26. The number of benzene rings is 1. The maximum Gasteiger partial charge on any atom is 0.336 e. The molecule has 5 nitrogen and oxygen atoms in total. The van der Waals surface area contributed by atoms with Gasteiger partial charge in [-0.05, 0) is 49.2 Å². The first-order valence-electron chi connectivity index (χ1n) is 8.23. The molecule has 1 fully saturated rings. The number of methoxy groups -OCH3 is 1. The predicted molar refractivity (Wildman–Crippen MR) is 92.2 cm³/mol. The highest BCUT2D eigenvalue weighted by molar-refractivity contribution is 5.81. The molecule has 4 rings (SSSR count). The SMILES string of the molecule is COc1ccc2c(CN3CCC[C@H]3c3ccc[nH]3)cc(=O)oc2c1. The Morgan fingerprint density at radius 1 is 1.33 bits per heavy atom. The topological polar surface area (TPSA) is 58.5 Å². The Bertz CT molecular complexity index is 899. The molecule has 1 aliphatic heterocycles. The van der Waals surface area contributed by atoms with E-state index in [4.69, 9.17) is 9.15 Å². The van der Waals surface area contributed by atoms with Gasteiger partial charge in [-0.2, -0.15) is 0 Å². The van der Waals surface area contributed by atoms with E-state index in [1.54, 1.807) is 19.2 Å². The van der Waals surface area contributed by atoms with Crippen molar-refractivity contribution in [3.8, 4) is 5.75 Å². The van der Waals surface area contributed by atoms with Gasteiger partial charge in [0.15, 0.2) is 0 Å². The number of nitrogens with zero attached hydrogens (tertiary/aromatic N) is 1. The van der Waals surface area contributed by atoms with Crippen LogP contribution >= 0.6 is 0 Å². The third kappa shape index (κ3) is 2.71. The van der Waals surface area contributed by atoms with Crippen molar-refractivity contribution in [1.82, 2.24) is 9.88 Å². The van der Waals surface area contributed by atoms with Crippen LogP contribution in [0.4, 0.5) is 0 Å². The molecule has 1 aromatic carbocycles. The van der Waals surface area contributed by atoms with Crippen molar-refractivity contribution >= 4 is 11.0 Å². The van der Waals surface area contributed by atoms with Crippen molar-refractivity contribution < 1.29 is 9.15 Å². The fourth-order valence-corrected chi connectivity index (χ4v) is 3.61. The second kappa shape index (κ2) is 6.17. The van der Waals surface area contributed by atoms with E-state index in [1.807, 2.05) is 24.4 Å². The Kier molecular flexibility index (Phi) is 3.86. The van der Waals surface area contributed by atoms with Gasteiger partial charge in [0.2, 0.25) is 0 Å². The molecular formula is C19H20N2O3. The quantitative estimate of drug-likeness (QED) is 0.747. The highest BCUT2D eigenvalue weighted by Crippen LogP contribution is 2.33. The summed E-state index contributed by atoms with van der Waals surface area (Å²) in [4.78, 5) is 17.7. The Morgan fingerprint density at radius 2 is 2.25 bits per heavy atom. The van der Waals surface area contributed by atoms with Gasteiger partial charge in [-0.25, -0.2) is 4.79 Å². The fraction of sp³-hybridized carbons (Fsp3) is 0.316. The summed E-state index contributed by atoms with van der Waals surface area (Å²) in [5, 5.41) is 0.965. The third-order valence-electron chi connectivity index (χ3n) is 4.76. The van der Waals surface area contributed by atoms with Crippen molar-refractivity contribution in [3.63, 3.8) is 0 Å². The smallest absolute Gasteiger partial charge is 0.336 e. The zero-order chi connectivity index (χ0) is 16.5. The van der Waals surface area contributed by atoms with Gasteiger partial charge in [0.05, 0.1) is 13.2 Å². The van der Waals surface area contributed by atoms with Crippen molar-refractivity contribution in [2.24, 2.45) is 0 Å². The van der Waals surface area contributed by atoms with Crippen LogP contribution in [-0.2, 0) is 6.54 Å². The first-order chi connectivity index (χ1) is 11.7. The summed E-state index contributed by atoms with van der Waals surface area (Å²) in [5.41, 5.74) is 2.50. The number of rotatable bonds is 4. The number of hydrogen-bond donors (Lipinski definition) is 1. The standard InChI is InChI=1S/C19H20N2O3/c1-23-14-6-7-15-13(10-19(22)24-18(15)11-14)12-21-9-3-5-17(21)16-4-2-8-20-16/h2,4,6-8,10-11,17,20H,3,5,9,12H2,1H3/t17-/m0/s1. The zero-order valence-electron chi connectivity index (χ0n) is 13.6. The van der Waals surface area contributed by atoms with E-state index < -0.39 is 0 Å². The number of H-pyrrole nitrogens is 1. The third-order valence-corrected chi connectivity index (χ3v) is 4.76. The van der Waals surface area contributed by atoms with E-state index in [0.29, 0.717) is 17.4 Å². The number of aromatic nitrogens is 1. The number of likely N-dealkylation sites (tertiary alicyclic amines) is 1. The molecule has 24 heavy (non-hydrogen) atoms. The lowest BCUT2D eigenvalue weighted by Gasteiger charge is -2.24. The number of nitrogens with one attached hydrogen (secondary N) is 1. The van der Waals surface area contributed by atoms with Crippen molar-refractivity contribution in [3.05, 3.63) is 64.3 Å². The van der Waals surface area contributed by atoms with Crippen LogP contribution in [0.25, 0.3) is 11.0 Å². The van der Waals surface area contributed by atoms with Crippen LogP contribution in [0.1, 0.15) is 30.1 Å². The highest BCUT2D eigenvalue weighted by Gasteiger charge is 2.27. The van der Waals surface area contributed by atoms with Crippen LogP contribution in [0.15, 0.2) is 51.8 Å². The van der Waals surface area contributed by atoms with E-state index >= 15 is 0 Å². The van der Waals surface area contributed by atoms with E-state index in [9.17, 15) is 4.79 Å². The van der Waals surface area contributed by atoms with E-state index in [2.05, 4.69) is 16.0 Å². The molecule has 0 bridgehead atoms. The number of hydrogen-bond acceptors (Lipinski definition) is 4. The number of fused-ring (bicyclic) bond motifs is 1. The Morgan fingerprint density at radius 3 is 3.04 bits per heavy atom. The maximum atomic E-state index is 12.0. The summed E-state index contributed by atoms with van der Waals surface area (Å²) < 4.78 is 10.6. The molecule has 1 aliphatic rings. The second-order valence-electron chi connectivity index (χ2n) is 6.21. The average Bonchev–Trinajstić information content (AvgIpc) is 3.25. The van der Waals surface area contributed by atoms with Gasteiger partial charge in [-0.1, -0.05) is 0 Å². The Balaban J connectivity index is 1.70. The van der Waals surface area contributed by atoms with Crippen LogP contribution in [-0.4, -0.2) is 23.5 Å². The van der Waals surface area contributed by atoms with Crippen LogP contribution in [0.5, 0.6) is 5.75 Å². The van der Waals surface area contributed by atoms with Crippen molar-refractivity contribution in [2.45, 2.75) is 25.4 Å². The summed E-state index contributed by atoms with van der Waals surface area (Å²) in [6.45, 7) is 1.76. The molecule has 5 heteroatoms. The largest absolute Gasteiger partial charge is 0.497 e. The molecule has 3 aromatic rings. The Labute approximate surface area is 139 Å². The van der Waals surface area contributed by atoms with Gasteiger partial charge in [-0.3, -0.25) is 4.90 Å². The monoisotopic (exact) mass is 324 g/mol. The first-order valence-corrected chi connectivity index (χ1v) is 8.23. The van der Waals surface area contributed by atoms with E-state index in [-0.39, 0.29) is 5.63 Å². The lowest BCUT2D eigenvalue weighted by atomic mass is 10.1. The van der Waals surface area contributed by atoms with Crippen LogP contribution in [0.3, 0.4) is 0 Å². The fourth-order valence-electron chi connectivity index (χ4n) is 3.61. The minimum Gasteiger partial charge on any atom is -0.497 e. The minimum absolute atomic E-state index is 0.318. The highest BCUT2D eigenvalue weighted by atomic mass is 16.5. The molecular weight excluding hydrogens is 304 g/mol. The lowest BCUT2D eigenvalue weighted by molar-refractivity contribution is 0.245. The molecule has 0 radical (unpaired) electrons. The van der Waals surface area contributed by atoms with Gasteiger partial charge in [0.25, 0.3) is 0 Å². The molecule has 1 saturated heterocycles. The molecule has 1 N–H and O–H groups in total. The van der Waals surface area contributed by atoms with Crippen molar-refractivity contribution in [1.29, 1.82) is 0 Å². The predicted octanol–water partition coefficient (Wildman–Crippen LogP) is 3.47. The van der Waals surface area contributed by atoms with Crippen LogP contribution in [0.2, 0.25) is 0 Å². The van der Waals surface area contributed by atoms with E-state index in [0.717, 1.165) is 36.9 Å². The summed E-state index contributed by atoms with van der Waals surface area (Å²) >= 11 is 0. The molecule has 0 unspecified atom stereocenters. The van der Waals surface area contributed by atoms with Gasteiger partial charge in [-0.15, -0.1) is 0 Å². The number of aromatic amines is 1. The van der Waals surface area contributed by atoms with Crippen LogP contribution < -0.4 is 10.4 Å². The summed E-state index contributed by atoms with van der Waals surface area (Å²) in [5.74, 6) is 0.688. The maximum absolute atomic E-state index is 12.0. The molecule has 0 spiro atoms. The summed E-state index contributed by atoms with van der Waals surface area (Å²) in [6, 6.07) is 11.8. The van der Waals surface area contributed by atoms with Crippen molar-refractivity contribution in [2.75, 3.05) is 13.7 Å². The van der Waals surface area contributed by atoms with Gasteiger partial charge in [0, 0.05) is 36.0 Å². The first kappa shape index (κ1) is 15.0. The Hall–Kier alpha value is -2.53. The molecule has 1 atom stereocenters. The van der Waals surface area contributed by atoms with Gasteiger partial charge < -0.3 is 14.1 Å². The molecule has 124 valence electrons. The molecule has 3 heterocycles. The molecule has 2 aromatic heterocycles. The number of ether oxygens (including phenoxy) is 1. The van der Waals surface area contributed by atoms with Gasteiger partial charge >= 0.3 is 5.63 Å². The molecule has 0 saturated carbocycles. The van der Waals surface area contributed by atoms with Crippen LogP contribution in [0, 0.1) is 0 Å². The molecule has 0 amide bonds. The van der Waals surface area contributed by atoms with Gasteiger partial charge in [0.1, 0.15) is 11.3 Å². The second-order valence-corrected chi connectivity index (χ2v) is 6.21.